The van der Waals surface area contributed by atoms with E-state index in [1.807, 2.05) is 24.3 Å². The average Bonchev–Trinajstić information content (AvgIpc) is 2.47. The minimum Gasteiger partial charge on any atom is -0.495 e. The van der Waals surface area contributed by atoms with Crippen LogP contribution in [0.2, 0.25) is 0 Å². The molecule has 0 amide bonds. The van der Waals surface area contributed by atoms with Crippen LogP contribution in [-0.4, -0.2) is 14.2 Å². The van der Waals surface area contributed by atoms with Gasteiger partial charge in [-0.2, -0.15) is 0 Å². The first-order valence-electron chi connectivity index (χ1n) is 5.88. The van der Waals surface area contributed by atoms with Gasteiger partial charge in [0.05, 0.1) is 19.0 Å². The van der Waals surface area contributed by atoms with Crippen molar-refractivity contribution < 1.29 is 9.47 Å². The summed E-state index contributed by atoms with van der Waals surface area (Å²) in [6, 6.07) is 12.1. The van der Waals surface area contributed by atoms with Gasteiger partial charge in [0.1, 0.15) is 16.0 Å². The fourth-order valence-corrected chi connectivity index (χ4v) is 3.54. The van der Waals surface area contributed by atoms with E-state index < -0.39 is 0 Å². The van der Waals surface area contributed by atoms with Crippen LogP contribution in [0.1, 0.15) is 16.0 Å². The molecule has 2 nitrogen and oxygen atoms in total. The number of alkyl halides is 1. The van der Waals surface area contributed by atoms with Gasteiger partial charge in [0.2, 0.25) is 0 Å². The molecule has 2 rings (SSSR count). The van der Waals surface area contributed by atoms with Crippen LogP contribution >= 0.6 is 47.8 Å². The molecule has 20 heavy (non-hydrogen) atoms. The van der Waals surface area contributed by atoms with Crippen molar-refractivity contribution in [3.63, 3.8) is 0 Å². The molecule has 2 aromatic rings. The van der Waals surface area contributed by atoms with Crippen LogP contribution in [0.4, 0.5) is 0 Å². The van der Waals surface area contributed by atoms with Gasteiger partial charge in [-0.25, -0.2) is 0 Å². The van der Waals surface area contributed by atoms with Gasteiger partial charge in [-0.1, -0.05) is 50.1 Å². The van der Waals surface area contributed by atoms with Gasteiger partial charge in [-0.3, -0.25) is 0 Å². The Morgan fingerprint density at radius 3 is 2.10 bits per heavy atom. The van der Waals surface area contributed by atoms with Crippen LogP contribution in [0.5, 0.6) is 11.5 Å². The fraction of sp³-hybridized carbons (Fsp3) is 0.200. The van der Waals surface area contributed by atoms with Gasteiger partial charge in [-0.15, -0.1) is 0 Å². The maximum atomic E-state index is 5.52. The monoisotopic (exact) mass is 462 g/mol. The van der Waals surface area contributed by atoms with Crippen molar-refractivity contribution >= 4 is 47.8 Å². The number of rotatable bonds is 4. The molecule has 0 bridgehead atoms. The molecular weight excluding hydrogens is 452 g/mol. The number of ether oxygens (including phenoxy) is 2. The molecule has 0 spiro atoms. The largest absolute Gasteiger partial charge is 0.495 e. The molecule has 0 aliphatic carbocycles. The lowest BCUT2D eigenvalue weighted by Gasteiger charge is -2.17. The van der Waals surface area contributed by atoms with E-state index in [1.165, 1.54) is 0 Å². The number of halogens is 3. The number of methoxy groups -OCH3 is 2. The Hall–Kier alpha value is -0.520. The molecule has 0 aromatic heterocycles. The Morgan fingerprint density at radius 2 is 1.55 bits per heavy atom. The standard InChI is InChI=1S/C15H13Br3O2/c1-19-12-8-7-11(15(20-2)14(12)18)13(17)9-3-5-10(16)6-4-9/h3-8,13H,1-2H3. The summed E-state index contributed by atoms with van der Waals surface area (Å²) in [4.78, 5) is 0.0488. The Balaban J connectivity index is 2.46. The van der Waals surface area contributed by atoms with Crippen molar-refractivity contribution in [2.45, 2.75) is 4.83 Å². The molecule has 5 heteroatoms. The van der Waals surface area contributed by atoms with Crippen LogP contribution in [0.25, 0.3) is 0 Å². The summed E-state index contributed by atoms with van der Waals surface area (Å²) in [5, 5.41) is 0. The quantitative estimate of drug-likeness (QED) is 0.539. The first-order chi connectivity index (χ1) is 9.58. The molecule has 0 heterocycles. The van der Waals surface area contributed by atoms with Gasteiger partial charge >= 0.3 is 0 Å². The van der Waals surface area contributed by atoms with E-state index in [9.17, 15) is 0 Å². The topological polar surface area (TPSA) is 18.5 Å². The number of hydrogen-bond donors (Lipinski definition) is 0. The maximum absolute atomic E-state index is 5.52. The Morgan fingerprint density at radius 1 is 0.900 bits per heavy atom. The smallest absolute Gasteiger partial charge is 0.141 e. The zero-order valence-corrected chi connectivity index (χ0v) is 15.7. The van der Waals surface area contributed by atoms with Gasteiger partial charge in [0, 0.05) is 10.0 Å². The highest BCUT2D eigenvalue weighted by Gasteiger charge is 2.19. The van der Waals surface area contributed by atoms with Crippen molar-refractivity contribution in [1.29, 1.82) is 0 Å². The molecule has 0 fully saturated rings. The highest BCUT2D eigenvalue weighted by molar-refractivity contribution is 9.11. The molecule has 0 radical (unpaired) electrons. The SMILES string of the molecule is COc1ccc(C(Br)c2ccc(Br)cc2)c(OC)c1Br. The maximum Gasteiger partial charge on any atom is 0.141 e. The minimum atomic E-state index is 0.0488. The first-order valence-corrected chi connectivity index (χ1v) is 8.38. The molecule has 0 saturated heterocycles. The first kappa shape index (κ1) is 15.9. The van der Waals surface area contributed by atoms with E-state index in [0.717, 1.165) is 31.6 Å². The van der Waals surface area contributed by atoms with E-state index in [0.29, 0.717) is 0 Å². The second-order valence-electron chi connectivity index (χ2n) is 4.12. The summed E-state index contributed by atoms with van der Waals surface area (Å²) >= 11 is 10.7. The summed E-state index contributed by atoms with van der Waals surface area (Å²) in [5.41, 5.74) is 2.20. The lowest BCUT2D eigenvalue weighted by Crippen LogP contribution is -1.99. The lowest BCUT2D eigenvalue weighted by molar-refractivity contribution is 0.386. The molecule has 1 atom stereocenters. The minimum absolute atomic E-state index is 0.0488. The fourth-order valence-electron chi connectivity index (χ4n) is 1.93. The molecule has 1 unspecified atom stereocenters. The van der Waals surface area contributed by atoms with E-state index >= 15 is 0 Å². The highest BCUT2D eigenvalue weighted by Crippen LogP contribution is 2.44. The average molecular weight is 465 g/mol. The Labute approximate surface area is 143 Å². The summed E-state index contributed by atoms with van der Waals surface area (Å²) in [7, 11) is 3.30. The third-order valence-corrected chi connectivity index (χ3v) is 5.25. The summed E-state index contributed by atoms with van der Waals surface area (Å²) in [6.07, 6.45) is 0. The molecule has 2 aromatic carbocycles. The van der Waals surface area contributed by atoms with Crippen molar-refractivity contribution in [2.24, 2.45) is 0 Å². The van der Waals surface area contributed by atoms with Crippen molar-refractivity contribution in [3.8, 4) is 11.5 Å². The number of benzene rings is 2. The predicted molar refractivity (Wildman–Crippen MR) is 92.2 cm³/mol. The summed E-state index contributed by atoms with van der Waals surface area (Å²) in [5.74, 6) is 1.52. The van der Waals surface area contributed by atoms with Crippen LogP contribution in [0.15, 0.2) is 45.3 Å². The number of hydrogen-bond acceptors (Lipinski definition) is 2. The molecule has 0 aliphatic rings. The van der Waals surface area contributed by atoms with E-state index in [1.54, 1.807) is 14.2 Å². The third-order valence-electron chi connectivity index (χ3n) is 2.95. The highest BCUT2D eigenvalue weighted by atomic mass is 79.9. The normalized spacial score (nSPS) is 12.1. The van der Waals surface area contributed by atoms with E-state index in [2.05, 4.69) is 59.9 Å². The molecular formula is C15H13Br3O2. The van der Waals surface area contributed by atoms with Gasteiger partial charge < -0.3 is 9.47 Å². The zero-order chi connectivity index (χ0) is 14.7. The Bertz CT molecular complexity index is 597. The second-order valence-corrected chi connectivity index (χ2v) is 6.74. The van der Waals surface area contributed by atoms with E-state index in [-0.39, 0.29) is 4.83 Å². The van der Waals surface area contributed by atoms with Crippen LogP contribution in [-0.2, 0) is 0 Å². The summed E-state index contributed by atoms with van der Waals surface area (Å²) < 4.78 is 12.7. The van der Waals surface area contributed by atoms with Crippen LogP contribution < -0.4 is 9.47 Å². The molecule has 106 valence electrons. The summed E-state index contributed by atoms with van der Waals surface area (Å²) in [6.45, 7) is 0. The van der Waals surface area contributed by atoms with E-state index in [4.69, 9.17) is 9.47 Å². The third kappa shape index (κ3) is 3.21. The van der Waals surface area contributed by atoms with Gasteiger partial charge in [0.15, 0.2) is 0 Å². The van der Waals surface area contributed by atoms with Crippen molar-refractivity contribution in [2.75, 3.05) is 14.2 Å². The van der Waals surface area contributed by atoms with Crippen molar-refractivity contribution in [1.82, 2.24) is 0 Å². The predicted octanol–water partition coefficient (Wildman–Crippen LogP) is 5.71. The van der Waals surface area contributed by atoms with Crippen LogP contribution in [0, 0.1) is 0 Å². The molecule has 0 N–H and O–H groups in total. The van der Waals surface area contributed by atoms with Gasteiger partial charge in [-0.05, 0) is 39.7 Å². The molecule has 0 saturated carbocycles. The van der Waals surface area contributed by atoms with Crippen LogP contribution in [0.3, 0.4) is 0 Å². The van der Waals surface area contributed by atoms with Gasteiger partial charge in [0.25, 0.3) is 0 Å². The second kappa shape index (κ2) is 6.96. The van der Waals surface area contributed by atoms with Crippen molar-refractivity contribution in [3.05, 3.63) is 56.5 Å². The Kier molecular flexibility index (Phi) is 5.52. The lowest BCUT2D eigenvalue weighted by atomic mass is 10.0. The molecule has 0 aliphatic heterocycles. The zero-order valence-electron chi connectivity index (χ0n) is 11.0.